The molecule has 0 radical (unpaired) electrons. The molecule has 1 N–H and O–H groups in total. The molecular formula is C26H48O4. The second-order valence-corrected chi connectivity index (χ2v) is 11.2. The third-order valence-corrected chi connectivity index (χ3v) is 7.25. The van der Waals surface area contributed by atoms with Crippen molar-refractivity contribution in [2.24, 2.45) is 41.4 Å². The van der Waals surface area contributed by atoms with E-state index >= 15 is 0 Å². The molecule has 0 aliphatic heterocycles. The van der Waals surface area contributed by atoms with Gasteiger partial charge in [0.15, 0.2) is 0 Å². The van der Waals surface area contributed by atoms with Crippen molar-refractivity contribution < 1.29 is 19.4 Å². The summed E-state index contributed by atoms with van der Waals surface area (Å²) in [5.41, 5.74) is -0.328. The summed E-state index contributed by atoms with van der Waals surface area (Å²) in [6, 6.07) is 0. The van der Waals surface area contributed by atoms with Crippen molar-refractivity contribution in [3.8, 4) is 0 Å². The topological polar surface area (TPSA) is 63.6 Å². The van der Waals surface area contributed by atoms with Crippen LogP contribution in [0.4, 0.5) is 0 Å². The van der Waals surface area contributed by atoms with Crippen molar-refractivity contribution in [2.45, 2.75) is 112 Å². The molecule has 0 aromatic carbocycles. The molecule has 176 valence electrons. The monoisotopic (exact) mass is 424 g/mol. The zero-order valence-electron chi connectivity index (χ0n) is 20.9. The molecule has 1 saturated carbocycles. The number of esters is 1. The van der Waals surface area contributed by atoms with Gasteiger partial charge in [-0.05, 0) is 81.0 Å². The van der Waals surface area contributed by atoms with Gasteiger partial charge in [-0.2, -0.15) is 0 Å². The molecule has 1 aliphatic carbocycles. The van der Waals surface area contributed by atoms with E-state index in [1.54, 1.807) is 0 Å². The molecule has 0 aromatic heterocycles. The van der Waals surface area contributed by atoms with E-state index in [2.05, 4.69) is 55.4 Å². The molecule has 0 spiro atoms. The lowest BCUT2D eigenvalue weighted by Gasteiger charge is -2.41. The van der Waals surface area contributed by atoms with Crippen LogP contribution in [0.2, 0.25) is 0 Å². The normalized spacial score (nSPS) is 25.4. The van der Waals surface area contributed by atoms with Crippen molar-refractivity contribution in [2.75, 3.05) is 0 Å². The first-order chi connectivity index (χ1) is 13.9. The van der Waals surface area contributed by atoms with Gasteiger partial charge < -0.3 is 9.84 Å². The summed E-state index contributed by atoms with van der Waals surface area (Å²) in [5.74, 6) is 0.914. The summed E-state index contributed by atoms with van der Waals surface area (Å²) in [7, 11) is 0. The van der Waals surface area contributed by atoms with Gasteiger partial charge in [0.2, 0.25) is 0 Å². The Labute approximate surface area is 185 Å². The smallest absolute Gasteiger partial charge is 0.309 e. The Bertz CT molecular complexity index is 529. The number of hydrogen-bond acceptors (Lipinski definition) is 3. The van der Waals surface area contributed by atoms with E-state index in [0.29, 0.717) is 23.7 Å². The molecule has 1 aliphatic rings. The van der Waals surface area contributed by atoms with Gasteiger partial charge in [-0.3, -0.25) is 9.59 Å². The minimum atomic E-state index is -0.659. The summed E-state index contributed by atoms with van der Waals surface area (Å²) in [6.45, 7) is 17.0. The van der Waals surface area contributed by atoms with Crippen molar-refractivity contribution >= 4 is 11.9 Å². The highest BCUT2D eigenvalue weighted by atomic mass is 16.6. The number of carboxylic acids is 1. The van der Waals surface area contributed by atoms with Crippen LogP contribution in [0.15, 0.2) is 0 Å². The van der Waals surface area contributed by atoms with E-state index in [9.17, 15) is 14.7 Å². The van der Waals surface area contributed by atoms with Gasteiger partial charge in [0, 0.05) is 0 Å². The maximum atomic E-state index is 13.0. The highest BCUT2D eigenvalue weighted by Gasteiger charge is 2.40. The number of carbonyl (C=O) groups is 2. The largest absolute Gasteiger partial charge is 0.481 e. The Morgan fingerprint density at radius 1 is 0.933 bits per heavy atom. The number of aliphatic carboxylic acids is 1. The van der Waals surface area contributed by atoms with E-state index in [0.717, 1.165) is 51.4 Å². The van der Waals surface area contributed by atoms with Gasteiger partial charge in [-0.1, -0.05) is 55.4 Å². The molecule has 0 bridgehead atoms. The fourth-order valence-electron chi connectivity index (χ4n) is 5.18. The highest BCUT2D eigenvalue weighted by Crippen LogP contribution is 2.42. The molecule has 0 heterocycles. The van der Waals surface area contributed by atoms with Gasteiger partial charge in [-0.15, -0.1) is 0 Å². The summed E-state index contributed by atoms with van der Waals surface area (Å²) in [5, 5.41) is 9.64. The average molecular weight is 425 g/mol. The third-order valence-electron chi connectivity index (χ3n) is 7.25. The fourth-order valence-corrected chi connectivity index (χ4v) is 5.18. The van der Waals surface area contributed by atoms with E-state index < -0.39 is 5.97 Å². The molecule has 3 atom stereocenters. The molecule has 4 nitrogen and oxygen atoms in total. The van der Waals surface area contributed by atoms with Crippen LogP contribution in [0.3, 0.4) is 0 Å². The number of carbonyl (C=O) groups excluding carboxylic acids is 1. The molecule has 0 saturated heterocycles. The Morgan fingerprint density at radius 2 is 1.43 bits per heavy atom. The average Bonchev–Trinajstić information content (AvgIpc) is 2.65. The van der Waals surface area contributed by atoms with Gasteiger partial charge in [0.1, 0.15) is 5.60 Å². The lowest BCUT2D eigenvalue weighted by molar-refractivity contribution is -0.172. The van der Waals surface area contributed by atoms with Crippen LogP contribution >= 0.6 is 0 Å². The van der Waals surface area contributed by atoms with Crippen LogP contribution in [0.5, 0.6) is 0 Å². The Morgan fingerprint density at radius 3 is 1.83 bits per heavy atom. The molecule has 30 heavy (non-hydrogen) atoms. The molecule has 1 fully saturated rings. The van der Waals surface area contributed by atoms with E-state index in [-0.39, 0.29) is 29.3 Å². The van der Waals surface area contributed by atoms with Gasteiger partial charge in [0.25, 0.3) is 0 Å². The van der Waals surface area contributed by atoms with Crippen LogP contribution < -0.4 is 0 Å². The van der Waals surface area contributed by atoms with Crippen LogP contribution in [0.25, 0.3) is 0 Å². The molecule has 3 unspecified atom stereocenters. The summed E-state index contributed by atoms with van der Waals surface area (Å²) in [4.78, 5) is 24.7. The Balaban J connectivity index is 2.70. The first-order valence-electron chi connectivity index (χ1n) is 12.4. The molecule has 0 aromatic rings. The number of rotatable bonds is 12. The summed E-state index contributed by atoms with van der Waals surface area (Å²) >= 11 is 0. The maximum Gasteiger partial charge on any atom is 0.309 e. The number of ether oxygens (including phenoxy) is 1. The van der Waals surface area contributed by atoms with Crippen LogP contribution in [-0.4, -0.2) is 22.6 Å². The summed E-state index contributed by atoms with van der Waals surface area (Å²) in [6.07, 6.45) is 7.29. The SMILES string of the molecule is CCC1(OC(=O)C(CC(C)C)C(C)C)CCC(CC(C)C(CC(C)C)C(=O)O)CC1. The quantitative estimate of drug-likeness (QED) is 0.344. The highest BCUT2D eigenvalue weighted by molar-refractivity contribution is 5.73. The zero-order valence-corrected chi connectivity index (χ0v) is 20.9. The predicted molar refractivity (Wildman–Crippen MR) is 123 cm³/mol. The second kappa shape index (κ2) is 12.1. The minimum absolute atomic E-state index is 0.0183. The van der Waals surface area contributed by atoms with Crippen molar-refractivity contribution in [3.63, 3.8) is 0 Å². The minimum Gasteiger partial charge on any atom is -0.481 e. The molecule has 0 amide bonds. The van der Waals surface area contributed by atoms with Crippen molar-refractivity contribution in [1.82, 2.24) is 0 Å². The number of hydrogen-bond donors (Lipinski definition) is 1. The predicted octanol–water partition coefficient (Wildman–Crippen LogP) is 6.96. The van der Waals surface area contributed by atoms with Gasteiger partial charge in [-0.25, -0.2) is 0 Å². The molecule has 1 rings (SSSR count). The molecule has 4 heteroatoms. The van der Waals surface area contributed by atoms with Crippen LogP contribution in [0, 0.1) is 41.4 Å². The maximum absolute atomic E-state index is 13.0. The standard InChI is InChI=1S/C26H48O4/c1-9-26(30-25(29)22(19(6)7)14-17(2)3)12-10-21(11-13-26)16-20(8)23(24(27)28)15-18(4)5/h17-23H,9-16H2,1-8H3,(H,27,28). The van der Waals surface area contributed by atoms with Gasteiger partial charge in [0.05, 0.1) is 11.8 Å². The first-order valence-corrected chi connectivity index (χ1v) is 12.4. The third kappa shape index (κ3) is 8.23. The van der Waals surface area contributed by atoms with E-state index in [4.69, 9.17) is 4.74 Å². The first kappa shape index (κ1) is 27.0. The Kier molecular flexibility index (Phi) is 10.9. The van der Waals surface area contributed by atoms with Crippen LogP contribution in [-0.2, 0) is 14.3 Å². The number of carboxylic acid groups (broad SMARTS) is 1. The lowest BCUT2D eigenvalue weighted by Crippen LogP contribution is -2.41. The van der Waals surface area contributed by atoms with E-state index in [1.165, 1.54) is 0 Å². The van der Waals surface area contributed by atoms with Crippen molar-refractivity contribution in [1.29, 1.82) is 0 Å². The van der Waals surface area contributed by atoms with Crippen LogP contribution in [0.1, 0.15) is 107 Å². The zero-order chi connectivity index (χ0) is 23.1. The Hall–Kier alpha value is -1.06. The van der Waals surface area contributed by atoms with Gasteiger partial charge >= 0.3 is 11.9 Å². The lowest BCUT2D eigenvalue weighted by atomic mass is 9.72. The van der Waals surface area contributed by atoms with E-state index in [1.807, 2.05) is 0 Å². The van der Waals surface area contributed by atoms with Crippen molar-refractivity contribution in [3.05, 3.63) is 0 Å². The molecular weight excluding hydrogens is 376 g/mol. The summed E-state index contributed by atoms with van der Waals surface area (Å²) < 4.78 is 6.21. The fraction of sp³-hybridized carbons (Fsp3) is 0.923. The second-order valence-electron chi connectivity index (χ2n) is 11.2.